The fourth-order valence-corrected chi connectivity index (χ4v) is 4.32. The maximum absolute atomic E-state index is 11.2. The Hall–Kier alpha value is -2.57. The zero-order chi connectivity index (χ0) is 20.2. The van der Waals surface area contributed by atoms with Crippen LogP contribution < -0.4 is 5.73 Å². The number of anilines is 1. The molecule has 3 aromatic rings. The summed E-state index contributed by atoms with van der Waals surface area (Å²) < 4.78 is 7.20. The van der Waals surface area contributed by atoms with Gasteiger partial charge in [0, 0.05) is 16.6 Å². The van der Waals surface area contributed by atoms with Crippen LogP contribution in [0.15, 0.2) is 24.7 Å². The van der Waals surface area contributed by atoms with Crippen molar-refractivity contribution in [3.8, 4) is 10.4 Å². The van der Waals surface area contributed by atoms with Crippen LogP contribution in [0.5, 0.6) is 0 Å². The molecule has 0 aliphatic carbocycles. The quantitative estimate of drug-likeness (QED) is 0.413. The van der Waals surface area contributed by atoms with Crippen molar-refractivity contribution >= 4 is 34.2 Å². The van der Waals surface area contributed by atoms with Crippen molar-refractivity contribution in [3.05, 3.63) is 29.5 Å². The molecule has 11 heteroatoms. The van der Waals surface area contributed by atoms with Gasteiger partial charge in [-0.1, -0.05) is 0 Å². The van der Waals surface area contributed by atoms with E-state index >= 15 is 0 Å². The second kappa shape index (κ2) is 6.50. The van der Waals surface area contributed by atoms with Gasteiger partial charge in [0.05, 0.1) is 12.0 Å². The van der Waals surface area contributed by atoms with Crippen molar-refractivity contribution in [2.45, 2.75) is 31.0 Å². The lowest BCUT2D eigenvalue weighted by atomic mass is 9.96. The number of nitrogen functional groups attached to an aromatic ring is 1. The Morgan fingerprint density at radius 3 is 2.79 bits per heavy atom. The first-order valence-electron chi connectivity index (χ1n) is 8.37. The van der Waals surface area contributed by atoms with Crippen LogP contribution >= 0.6 is 11.3 Å². The van der Waals surface area contributed by atoms with Crippen LogP contribution in [-0.2, 0) is 4.74 Å². The Morgan fingerprint density at radius 2 is 2.18 bits per heavy atom. The SMILES string of the molecule is CC1(O)C(O)C(CO)OC1n1cc(-c2ccc(C(=O)O)s2)c2c(N)ncnc21. The van der Waals surface area contributed by atoms with Gasteiger partial charge >= 0.3 is 5.97 Å². The van der Waals surface area contributed by atoms with E-state index in [1.54, 1.807) is 12.3 Å². The van der Waals surface area contributed by atoms with Crippen molar-refractivity contribution < 1.29 is 30.0 Å². The number of aliphatic hydroxyl groups excluding tert-OH is 2. The lowest BCUT2D eigenvalue weighted by Crippen LogP contribution is -2.44. The summed E-state index contributed by atoms with van der Waals surface area (Å²) in [5, 5.41) is 40.2. The summed E-state index contributed by atoms with van der Waals surface area (Å²) in [5.41, 5.74) is 5.27. The number of ether oxygens (including phenoxy) is 1. The van der Waals surface area contributed by atoms with Gasteiger partial charge in [-0.25, -0.2) is 14.8 Å². The first kappa shape index (κ1) is 18.8. The van der Waals surface area contributed by atoms with E-state index in [-0.39, 0.29) is 10.7 Å². The van der Waals surface area contributed by atoms with Gasteiger partial charge in [0.15, 0.2) is 6.23 Å². The number of carbonyl (C=O) groups is 1. The normalized spacial score (nSPS) is 27.5. The van der Waals surface area contributed by atoms with Crippen LogP contribution in [0.25, 0.3) is 21.5 Å². The van der Waals surface area contributed by atoms with Crippen molar-refractivity contribution in [1.82, 2.24) is 14.5 Å². The topological polar surface area (TPSA) is 164 Å². The molecule has 1 aliphatic rings. The van der Waals surface area contributed by atoms with Crippen molar-refractivity contribution in [2.75, 3.05) is 12.3 Å². The van der Waals surface area contributed by atoms with E-state index in [4.69, 9.17) is 10.5 Å². The Balaban J connectivity index is 1.91. The molecule has 4 heterocycles. The first-order chi connectivity index (χ1) is 13.3. The number of hydrogen-bond donors (Lipinski definition) is 5. The molecule has 28 heavy (non-hydrogen) atoms. The number of aromatic nitrogens is 3. The number of rotatable bonds is 4. The lowest BCUT2D eigenvalue weighted by Gasteiger charge is -2.27. The third-order valence-electron chi connectivity index (χ3n) is 4.91. The standard InChI is InChI=1S/C17H18N4O6S/c1-17(26)12(23)8(5-22)27-16(17)21-4-7(9-2-3-10(28-9)15(24)25)11-13(18)19-6-20-14(11)21/h2-4,6,8,12,16,22-23,26H,5H2,1H3,(H,24,25)(H2,18,19,20). The third-order valence-corrected chi connectivity index (χ3v) is 6.01. The molecular formula is C17H18N4O6S. The minimum atomic E-state index is -1.71. The molecule has 1 saturated heterocycles. The highest BCUT2D eigenvalue weighted by Crippen LogP contribution is 2.43. The molecule has 1 fully saturated rings. The monoisotopic (exact) mass is 406 g/mol. The number of aromatic carboxylic acids is 1. The Bertz CT molecular complexity index is 1060. The molecule has 148 valence electrons. The maximum atomic E-state index is 11.2. The number of hydrogen-bond acceptors (Lipinski definition) is 9. The van der Waals surface area contributed by atoms with Crippen LogP contribution in [0.4, 0.5) is 5.82 Å². The zero-order valence-corrected chi connectivity index (χ0v) is 15.5. The molecule has 0 aromatic carbocycles. The smallest absolute Gasteiger partial charge is 0.345 e. The van der Waals surface area contributed by atoms with Crippen LogP contribution in [0, 0.1) is 0 Å². The van der Waals surface area contributed by atoms with Crippen LogP contribution in [0.1, 0.15) is 22.8 Å². The molecule has 1 aliphatic heterocycles. The summed E-state index contributed by atoms with van der Waals surface area (Å²) in [6, 6.07) is 3.14. The van der Waals surface area contributed by atoms with Gasteiger partial charge in [-0.15, -0.1) is 11.3 Å². The second-order valence-electron chi connectivity index (χ2n) is 6.76. The number of fused-ring (bicyclic) bond motifs is 1. The zero-order valence-electron chi connectivity index (χ0n) is 14.7. The van der Waals surface area contributed by atoms with E-state index in [1.807, 2.05) is 0 Å². The molecule has 0 radical (unpaired) electrons. The van der Waals surface area contributed by atoms with Crippen LogP contribution in [0.2, 0.25) is 0 Å². The van der Waals surface area contributed by atoms with Gasteiger partial charge < -0.3 is 35.5 Å². The number of aliphatic hydroxyl groups is 3. The molecular weight excluding hydrogens is 388 g/mol. The van der Waals surface area contributed by atoms with Crippen molar-refractivity contribution in [2.24, 2.45) is 0 Å². The number of nitrogens with zero attached hydrogens (tertiary/aromatic N) is 3. The predicted molar refractivity (Wildman–Crippen MR) is 99.8 cm³/mol. The largest absolute Gasteiger partial charge is 0.477 e. The summed E-state index contributed by atoms with van der Waals surface area (Å²) in [6.45, 7) is 0.936. The summed E-state index contributed by atoms with van der Waals surface area (Å²) in [6.07, 6.45) is -0.454. The first-order valence-corrected chi connectivity index (χ1v) is 9.18. The van der Waals surface area contributed by atoms with E-state index in [2.05, 4.69) is 9.97 Å². The van der Waals surface area contributed by atoms with E-state index in [9.17, 15) is 25.2 Å². The van der Waals surface area contributed by atoms with Gasteiger partial charge in [0.1, 0.15) is 40.5 Å². The summed E-state index contributed by atoms with van der Waals surface area (Å²) in [5.74, 6) is -0.860. The molecule has 10 nitrogen and oxygen atoms in total. The maximum Gasteiger partial charge on any atom is 0.345 e. The highest BCUT2D eigenvalue weighted by Gasteiger charge is 2.53. The van der Waals surface area contributed by atoms with Gasteiger partial charge in [-0.3, -0.25) is 0 Å². The van der Waals surface area contributed by atoms with E-state index in [0.29, 0.717) is 21.5 Å². The Morgan fingerprint density at radius 1 is 1.43 bits per heavy atom. The van der Waals surface area contributed by atoms with E-state index in [0.717, 1.165) is 11.3 Å². The molecule has 6 N–H and O–H groups in total. The van der Waals surface area contributed by atoms with Crippen molar-refractivity contribution in [3.63, 3.8) is 0 Å². The molecule has 0 spiro atoms. The highest BCUT2D eigenvalue weighted by atomic mass is 32.1. The number of carboxylic acids is 1. The molecule has 4 unspecified atom stereocenters. The highest BCUT2D eigenvalue weighted by molar-refractivity contribution is 7.17. The summed E-state index contributed by atoms with van der Waals surface area (Å²) in [7, 11) is 0. The minimum Gasteiger partial charge on any atom is -0.477 e. The van der Waals surface area contributed by atoms with Crippen LogP contribution in [-0.4, -0.2) is 65.3 Å². The Labute approximate surface area is 162 Å². The summed E-state index contributed by atoms with van der Waals surface area (Å²) >= 11 is 1.06. The van der Waals surface area contributed by atoms with Crippen LogP contribution in [0.3, 0.4) is 0 Å². The van der Waals surface area contributed by atoms with Gasteiger partial charge in [-0.2, -0.15) is 0 Å². The number of thiophene rings is 1. The number of carboxylic acid groups (broad SMARTS) is 1. The lowest BCUT2D eigenvalue weighted by molar-refractivity contribution is -0.0948. The van der Waals surface area contributed by atoms with Crippen molar-refractivity contribution in [1.29, 1.82) is 0 Å². The number of nitrogens with two attached hydrogens (primary N) is 1. The minimum absolute atomic E-state index is 0.159. The molecule has 0 saturated carbocycles. The average molecular weight is 406 g/mol. The Kier molecular flexibility index (Phi) is 4.36. The summed E-state index contributed by atoms with van der Waals surface area (Å²) in [4.78, 5) is 20.3. The fraction of sp³-hybridized carbons (Fsp3) is 0.353. The molecule has 0 bridgehead atoms. The molecule has 0 amide bonds. The van der Waals surface area contributed by atoms with E-state index < -0.39 is 36.6 Å². The second-order valence-corrected chi connectivity index (χ2v) is 7.84. The average Bonchev–Trinajstić information content (AvgIpc) is 3.32. The molecule has 3 aromatic heterocycles. The van der Waals surface area contributed by atoms with E-state index in [1.165, 1.54) is 23.9 Å². The van der Waals surface area contributed by atoms with Gasteiger partial charge in [0.25, 0.3) is 0 Å². The third kappa shape index (κ3) is 2.67. The predicted octanol–water partition coefficient (Wildman–Crippen LogP) is 0.442. The van der Waals surface area contributed by atoms with Gasteiger partial charge in [0.2, 0.25) is 0 Å². The van der Waals surface area contributed by atoms with Gasteiger partial charge in [-0.05, 0) is 19.1 Å². The fourth-order valence-electron chi connectivity index (χ4n) is 3.46. The molecule has 4 atom stereocenters. The molecule has 4 rings (SSSR count).